The number of carbonyl (C=O) groups excluding carboxylic acids is 2. The van der Waals surface area contributed by atoms with Gasteiger partial charge in [0.25, 0.3) is 5.91 Å². The van der Waals surface area contributed by atoms with E-state index in [1.165, 1.54) is 61.1 Å². The van der Waals surface area contributed by atoms with E-state index in [0.29, 0.717) is 11.3 Å². The van der Waals surface area contributed by atoms with E-state index in [2.05, 4.69) is 14.8 Å². The number of benzene rings is 2. The zero-order chi connectivity index (χ0) is 24.2. The lowest BCUT2D eigenvalue weighted by Crippen LogP contribution is -2.25. The van der Waals surface area contributed by atoms with Crippen LogP contribution >= 0.6 is 11.3 Å². The zero-order valence-corrected chi connectivity index (χ0v) is 18.6. The van der Waals surface area contributed by atoms with Crippen LogP contribution in [0.4, 0.5) is 11.0 Å². The molecule has 172 valence electrons. The van der Waals surface area contributed by atoms with Crippen molar-refractivity contribution >= 4 is 50.7 Å². The first kappa shape index (κ1) is 22.6. The van der Waals surface area contributed by atoms with Crippen molar-refractivity contribution < 1.29 is 28.4 Å². The molecule has 0 fully saturated rings. The molecule has 0 spiro atoms. The first-order valence-electron chi connectivity index (χ1n) is 9.65. The summed E-state index contributed by atoms with van der Waals surface area (Å²) < 4.78 is 15.8. The van der Waals surface area contributed by atoms with Gasteiger partial charge < -0.3 is 13.9 Å². The maximum Gasteiger partial charge on any atom is 0.433 e. The van der Waals surface area contributed by atoms with Crippen LogP contribution in [-0.4, -0.2) is 42.2 Å². The second kappa shape index (κ2) is 9.50. The number of nitrogens with zero attached hydrogens (tertiary/aromatic N) is 4. The lowest BCUT2D eigenvalue weighted by Gasteiger charge is -2.13. The summed E-state index contributed by atoms with van der Waals surface area (Å²) in [6.07, 6.45) is 1.18. The molecule has 2 aromatic carbocycles. The molecule has 0 aliphatic heterocycles. The molecule has 0 radical (unpaired) electrons. The molecular weight excluding hydrogens is 464 g/mol. The van der Waals surface area contributed by atoms with Crippen LogP contribution < -0.4 is 9.75 Å². The Morgan fingerprint density at radius 3 is 2.50 bits per heavy atom. The Labute approximate surface area is 196 Å². The van der Waals surface area contributed by atoms with Crippen molar-refractivity contribution in [1.82, 2.24) is 4.98 Å². The molecule has 0 saturated carbocycles. The fourth-order valence-corrected chi connectivity index (χ4v) is 3.86. The van der Waals surface area contributed by atoms with Gasteiger partial charge in [0, 0.05) is 5.56 Å². The normalized spacial score (nSPS) is 11.0. The highest BCUT2D eigenvalue weighted by molar-refractivity contribution is 7.22. The number of rotatable bonds is 7. The number of ether oxygens (including phenoxy) is 2. The third-order valence-corrected chi connectivity index (χ3v) is 5.60. The van der Waals surface area contributed by atoms with E-state index in [4.69, 9.17) is 9.15 Å². The standard InChI is InChI=1S/C22H16N4O7S/c1-31-15-7-9-17-18(11-15)34-22(24-17)25(23-12-16-8-10-19(33-16)26(29)30)20(27)13-3-5-14(6-4-13)21(28)32-2/h3-12H,1-2H3/b23-12+. The highest BCUT2D eigenvalue weighted by atomic mass is 32.1. The molecular formula is C22H16N4O7S. The Balaban J connectivity index is 1.72. The molecule has 0 unspecified atom stereocenters. The van der Waals surface area contributed by atoms with Crippen LogP contribution in [0.15, 0.2) is 64.1 Å². The Bertz CT molecular complexity index is 1410. The van der Waals surface area contributed by atoms with Gasteiger partial charge in [0.2, 0.25) is 5.13 Å². The quantitative estimate of drug-likeness (QED) is 0.165. The highest BCUT2D eigenvalue weighted by Crippen LogP contribution is 2.32. The summed E-state index contributed by atoms with van der Waals surface area (Å²) in [4.78, 5) is 39.7. The van der Waals surface area contributed by atoms with E-state index >= 15 is 0 Å². The van der Waals surface area contributed by atoms with E-state index in [1.54, 1.807) is 25.3 Å². The van der Waals surface area contributed by atoms with Gasteiger partial charge in [0.1, 0.15) is 10.7 Å². The van der Waals surface area contributed by atoms with Gasteiger partial charge in [-0.25, -0.2) is 9.78 Å². The van der Waals surface area contributed by atoms with Crippen LogP contribution in [0.2, 0.25) is 0 Å². The van der Waals surface area contributed by atoms with Gasteiger partial charge in [-0.15, -0.1) is 0 Å². The first-order chi connectivity index (χ1) is 16.4. The number of hydrogen-bond acceptors (Lipinski definition) is 10. The third kappa shape index (κ3) is 4.61. The summed E-state index contributed by atoms with van der Waals surface area (Å²) in [6.45, 7) is 0. The SMILES string of the molecule is COC(=O)c1ccc(C(=O)N(/N=C/c2ccc([N+](=O)[O-])o2)c2nc3ccc(OC)cc3s2)cc1. The fraction of sp³-hybridized carbons (Fsp3) is 0.0909. The minimum Gasteiger partial charge on any atom is -0.497 e. The Kier molecular flexibility index (Phi) is 6.32. The van der Waals surface area contributed by atoms with Gasteiger partial charge in [-0.2, -0.15) is 10.1 Å². The number of hydrazone groups is 1. The molecule has 0 atom stereocenters. The number of thiazole rings is 1. The van der Waals surface area contributed by atoms with E-state index in [0.717, 1.165) is 9.71 Å². The average molecular weight is 480 g/mol. The molecule has 0 aliphatic rings. The Morgan fingerprint density at radius 2 is 1.85 bits per heavy atom. The molecule has 11 nitrogen and oxygen atoms in total. The van der Waals surface area contributed by atoms with Crippen molar-refractivity contribution in [2.24, 2.45) is 5.10 Å². The number of methoxy groups -OCH3 is 2. The fourth-order valence-electron chi connectivity index (χ4n) is 2.91. The molecule has 34 heavy (non-hydrogen) atoms. The van der Waals surface area contributed by atoms with E-state index < -0.39 is 22.7 Å². The molecule has 0 N–H and O–H groups in total. The number of anilines is 1. The van der Waals surface area contributed by atoms with Gasteiger partial charge in [-0.3, -0.25) is 14.9 Å². The van der Waals surface area contributed by atoms with Crippen LogP contribution in [-0.2, 0) is 4.74 Å². The molecule has 0 saturated heterocycles. The van der Waals surface area contributed by atoms with Crippen LogP contribution in [0.25, 0.3) is 10.2 Å². The van der Waals surface area contributed by atoms with Crippen LogP contribution in [0, 0.1) is 10.1 Å². The highest BCUT2D eigenvalue weighted by Gasteiger charge is 2.22. The minimum absolute atomic E-state index is 0.0771. The maximum absolute atomic E-state index is 13.3. The largest absolute Gasteiger partial charge is 0.497 e. The molecule has 2 heterocycles. The number of fused-ring (bicyclic) bond motifs is 1. The van der Waals surface area contributed by atoms with Crippen LogP contribution in [0.3, 0.4) is 0 Å². The summed E-state index contributed by atoms with van der Waals surface area (Å²) in [5, 5.41) is 16.4. The molecule has 0 aliphatic carbocycles. The van der Waals surface area contributed by atoms with Crippen LogP contribution in [0.5, 0.6) is 5.75 Å². The number of hydrogen-bond donors (Lipinski definition) is 0. The first-order valence-corrected chi connectivity index (χ1v) is 10.5. The maximum atomic E-state index is 13.3. The number of aromatic nitrogens is 1. The van der Waals surface area contributed by atoms with Crippen molar-refractivity contribution in [3.63, 3.8) is 0 Å². The number of amides is 1. The zero-order valence-electron chi connectivity index (χ0n) is 17.8. The summed E-state index contributed by atoms with van der Waals surface area (Å²) in [6, 6.07) is 13.7. The molecule has 4 aromatic rings. The summed E-state index contributed by atoms with van der Waals surface area (Å²) in [7, 11) is 2.81. The molecule has 1 amide bonds. The van der Waals surface area contributed by atoms with E-state index in [1.807, 2.05) is 0 Å². The van der Waals surface area contributed by atoms with Gasteiger partial charge in [-0.05, 0) is 48.5 Å². The van der Waals surface area contributed by atoms with Gasteiger partial charge in [-0.1, -0.05) is 11.3 Å². The molecule has 4 rings (SSSR count). The van der Waals surface area contributed by atoms with E-state index in [-0.39, 0.29) is 22.0 Å². The summed E-state index contributed by atoms with van der Waals surface area (Å²) in [5.74, 6) is -0.823. The van der Waals surface area contributed by atoms with Gasteiger partial charge in [0.05, 0.1) is 42.3 Å². The number of carbonyl (C=O) groups is 2. The molecule has 2 aromatic heterocycles. The van der Waals surface area contributed by atoms with Crippen LogP contribution in [0.1, 0.15) is 26.5 Å². The summed E-state index contributed by atoms with van der Waals surface area (Å²) >= 11 is 1.20. The number of nitro groups is 1. The van der Waals surface area contributed by atoms with Gasteiger partial charge >= 0.3 is 11.9 Å². The Morgan fingerprint density at radius 1 is 1.12 bits per heavy atom. The van der Waals surface area contributed by atoms with Crippen molar-refractivity contribution in [3.05, 3.63) is 81.6 Å². The predicted molar refractivity (Wildman–Crippen MR) is 124 cm³/mol. The molecule has 0 bridgehead atoms. The summed E-state index contributed by atoms with van der Waals surface area (Å²) in [5.41, 5.74) is 1.14. The van der Waals surface area contributed by atoms with Crippen molar-refractivity contribution in [2.75, 3.05) is 19.2 Å². The smallest absolute Gasteiger partial charge is 0.433 e. The van der Waals surface area contributed by atoms with Crippen molar-refractivity contribution in [1.29, 1.82) is 0 Å². The number of furan rings is 1. The number of esters is 1. The molecule has 12 heteroatoms. The second-order valence-corrected chi connectivity index (χ2v) is 7.70. The lowest BCUT2D eigenvalue weighted by molar-refractivity contribution is -0.402. The third-order valence-electron chi connectivity index (χ3n) is 4.60. The average Bonchev–Trinajstić information content (AvgIpc) is 3.50. The topological polar surface area (TPSA) is 137 Å². The lowest BCUT2D eigenvalue weighted by atomic mass is 10.1. The monoisotopic (exact) mass is 480 g/mol. The van der Waals surface area contributed by atoms with E-state index in [9.17, 15) is 19.7 Å². The second-order valence-electron chi connectivity index (χ2n) is 6.69. The predicted octanol–water partition coefficient (Wildman–Crippen LogP) is 4.27. The minimum atomic E-state index is -0.677. The van der Waals surface area contributed by atoms with Crippen molar-refractivity contribution in [2.45, 2.75) is 0 Å². The van der Waals surface area contributed by atoms with Gasteiger partial charge in [0.15, 0.2) is 5.76 Å². The Hall–Kier alpha value is -4.58. The van der Waals surface area contributed by atoms with Crippen molar-refractivity contribution in [3.8, 4) is 5.75 Å².